The minimum atomic E-state index is -1.14. The van der Waals surface area contributed by atoms with Crippen molar-refractivity contribution >= 4 is 126 Å². The second kappa shape index (κ2) is 31.9. The van der Waals surface area contributed by atoms with Gasteiger partial charge >= 0.3 is 0 Å². The summed E-state index contributed by atoms with van der Waals surface area (Å²) in [7, 11) is -2.23. The van der Waals surface area contributed by atoms with Crippen molar-refractivity contribution in [1.82, 2.24) is 10.6 Å². The summed E-state index contributed by atoms with van der Waals surface area (Å²) in [4.78, 5) is 31.6. The van der Waals surface area contributed by atoms with Crippen LogP contribution in [0.25, 0.3) is 0 Å². The Kier molecular flexibility index (Phi) is 32.7. The van der Waals surface area contributed by atoms with Crippen LogP contribution >= 0.6 is 82.3 Å². The summed E-state index contributed by atoms with van der Waals surface area (Å²) in [6, 6.07) is 0. The van der Waals surface area contributed by atoms with Crippen LogP contribution in [-0.2, 0) is 21.6 Å². The number of nitrogens with one attached hydrogen (secondary N) is 2. The molecule has 0 aliphatic carbocycles. The molecule has 0 aliphatic heterocycles. The molecule has 2 unspecified atom stereocenters. The molecular weight excluding hydrogens is 681 g/mol. The molecule has 0 aromatic heterocycles. The maximum absolute atomic E-state index is 12.0. The van der Waals surface area contributed by atoms with Crippen molar-refractivity contribution in [1.29, 1.82) is 0 Å². The van der Waals surface area contributed by atoms with Crippen LogP contribution in [0.2, 0.25) is 0 Å². The van der Waals surface area contributed by atoms with Crippen molar-refractivity contribution in [2.45, 2.75) is 0 Å². The first-order valence-electron chi connectivity index (χ1n) is 11.7. The van der Waals surface area contributed by atoms with Gasteiger partial charge in [-0.05, 0) is 0 Å². The Morgan fingerprint density at radius 1 is 0.667 bits per heavy atom. The van der Waals surface area contributed by atoms with Crippen LogP contribution in [0.1, 0.15) is 0 Å². The normalized spacial score (nSPS) is 13.2. The lowest BCUT2D eigenvalue weighted by molar-refractivity contribution is 0.260. The van der Waals surface area contributed by atoms with E-state index in [9.17, 15) is 18.0 Å². The summed E-state index contributed by atoms with van der Waals surface area (Å²) in [5.74, 6) is 5.93. The van der Waals surface area contributed by atoms with Crippen LogP contribution in [0.3, 0.4) is 0 Å². The van der Waals surface area contributed by atoms with Crippen molar-refractivity contribution < 1.29 is 28.2 Å². The minimum Gasteiger partial charge on any atom is -0.386 e. The van der Waals surface area contributed by atoms with Gasteiger partial charge < -0.3 is 20.8 Å². The van der Waals surface area contributed by atoms with Crippen LogP contribution in [0.5, 0.6) is 0 Å². The van der Waals surface area contributed by atoms with Crippen LogP contribution in [-0.4, -0.2) is 134 Å². The van der Waals surface area contributed by atoms with E-state index in [0.717, 1.165) is 46.3 Å². The largest absolute Gasteiger partial charge is 0.386 e. The third-order valence-corrected chi connectivity index (χ3v) is 12.8. The lowest BCUT2D eigenvalue weighted by atomic mass is 10.8. The van der Waals surface area contributed by atoms with E-state index < -0.39 is 21.6 Å². The molecule has 228 valence electrons. The van der Waals surface area contributed by atoms with E-state index in [1.165, 1.54) is 46.4 Å². The van der Waals surface area contributed by atoms with Crippen molar-refractivity contribution in [2.75, 3.05) is 94.2 Å². The van der Waals surface area contributed by atoms with Crippen LogP contribution in [0, 0.1) is 0 Å². The Hall–Kier alpha value is 0.950. The number of hydrogen-bond donors (Lipinski definition) is 4. The van der Waals surface area contributed by atoms with E-state index in [4.69, 9.17) is 10.2 Å². The van der Waals surface area contributed by atoms with Crippen molar-refractivity contribution in [2.24, 2.45) is 9.98 Å². The number of nitrogens with zero attached hydrogens (tertiary/aromatic N) is 2. The summed E-state index contributed by atoms with van der Waals surface area (Å²) in [6.07, 6.45) is 0. The number of rotatable bonds is 26. The predicted molar refractivity (Wildman–Crippen MR) is 186 cm³/mol. The van der Waals surface area contributed by atoms with E-state index in [1.54, 1.807) is 35.3 Å². The van der Waals surface area contributed by atoms with Crippen LogP contribution < -0.4 is 10.6 Å². The number of hydrogen-bond acceptors (Lipinski definition) is 15. The summed E-state index contributed by atoms with van der Waals surface area (Å²) in [5.41, 5.74) is 2.92. The maximum atomic E-state index is 12.0. The molecule has 0 aromatic rings. The molecule has 0 aromatic carbocycles. The van der Waals surface area contributed by atoms with Gasteiger partial charge in [-0.2, -0.15) is 35.3 Å². The van der Waals surface area contributed by atoms with E-state index >= 15 is 0 Å². The van der Waals surface area contributed by atoms with Gasteiger partial charge in [-0.25, -0.2) is 0 Å². The zero-order valence-electron chi connectivity index (χ0n) is 21.6. The molecule has 10 nitrogen and oxygen atoms in total. The molecule has 4 N–H and O–H groups in total. The summed E-state index contributed by atoms with van der Waals surface area (Å²) < 4.78 is 23.4. The average molecular weight is 719 g/mol. The van der Waals surface area contributed by atoms with Crippen molar-refractivity contribution in [3.05, 3.63) is 0 Å². The highest BCUT2D eigenvalue weighted by Crippen LogP contribution is 2.11. The van der Waals surface area contributed by atoms with Gasteiger partial charge in [0, 0.05) is 72.2 Å². The van der Waals surface area contributed by atoms with E-state index in [2.05, 4.69) is 20.6 Å². The van der Waals surface area contributed by atoms with Gasteiger partial charge in [0.1, 0.15) is 0 Å². The van der Waals surface area contributed by atoms with E-state index in [1.807, 2.05) is 0 Å². The molecule has 0 rings (SSSR count). The Balaban J connectivity index is 3.48. The third-order valence-electron chi connectivity index (χ3n) is 3.69. The molecule has 0 bridgehead atoms. The molecule has 39 heavy (non-hydrogen) atoms. The highest BCUT2D eigenvalue weighted by Gasteiger charge is 2.03. The number of aliphatic imine (C=N–C) groups is 2. The summed E-state index contributed by atoms with van der Waals surface area (Å²) >= 11 is 9.90. The molecular formula is C20H38N4O6S9. The van der Waals surface area contributed by atoms with E-state index in [0.29, 0.717) is 47.9 Å². The predicted octanol–water partition coefficient (Wildman–Crippen LogP) is 2.91. The molecule has 0 spiro atoms. The van der Waals surface area contributed by atoms with Gasteiger partial charge in [0.2, 0.25) is 0 Å². The second-order valence-electron chi connectivity index (χ2n) is 6.65. The van der Waals surface area contributed by atoms with Gasteiger partial charge in [-0.3, -0.25) is 28.0 Å². The first-order chi connectivity index (χ1) is 19.0. The Labute approximate surface area is 266 Å². The lowest BCUT2D eigenvalue weighted by Crippen LogP contribution is -2.22. The van der Waals surface area contributed by atoms with Crippen molar-refractivity contribution in [3.63, 3.8) is 0 Å². The molecule has 19 heteroatoms. The molecule has 0 heterocycles. The molecule has 0 radical (unpaired) electrons. The van der Waals surface area contributed by atoms with Gasteiger partial charge in [-0.1, -0.05) is 23.5 Å². The molecule has 0 fully saturated rings. The minimum absolute atomic E-state index is 0.0146. The Bertz CT molecular complexity index is 738. The van der Waals surface area contributed by atoms with Crippen molar-refractivity contribution in [3.8, 4) is 0 Å². The lowest BCUT2D eigenvalue weighted by Gasteiger charge is -2.04. The van der Waals surface area contributed by atoms with Gasteiger partial charge in [-0.15, -0.1) is 23.5 Å². The van der Waals surface area contributed by atoms with Crippen LogP contribution in [0.4, 0.5) is 9.59 Å². The molecule has 2 atom stereocenters. The average Bonchev–Trinajstić information content (AvgIpc) is 2.92. The number of aliphatic hydroxyl groups is 2. The van der Waals surface area contributed by atoms with Gasteiger partial charge in [0.25, 0.3) is 10.5 Å². The fraction of sp³-hybridized carbons (Fsp3) is 0.800. The summed E-state index contributed by atoms with van der Waals surface area (Å²) in [6.45, 7) is 2.34. The smallest absolute Gasteiger partial charge is 0.279 e. The molecule has 0 saturated heterocycles. The molecule has 2 amide bonds. The zero-order chi connectivity index (χ0) is 28.8. The standard InChI is InChI=1S/C20H38N4O6S9/c25-15-34-17-37-20(28)24-4-8-31-5-1-21-13-38(29)12-11-33-9-10-36-19(27)23-3-7-32-6-2-22-14-39(30)18-35-16-26/h13-14,25-26H,1-12,15-18H2,(H,23,27)(H,24,28). The van der Waals surface area contributed by atoms with Gasteiger partial charge in [0.15, 0.2) is 0 Å². The number of carbonyl (C=O) groups excluding carboxylic acids is 2. The summed E-state index contributed by atoms with van der Waals surface area (Å²) in [5, 5.41) is 23.7. The number of carbonyl (C=O) groups is 2. The quantitative estimate of drug-likeness (QED) is 0.0449. The number of amides is 2. The molecule has 0 aliphatic rings. The third kappa shape index (κ3) is 31.7. The highest BCUT2D eigenvalue weighted by atomic mass is 32.2. The Morgan fingerprint density at radius 2 is 1.23 bits per heavy atom. The topological polar surface area (TPSA) is 158 Å². The Morgan fingerprint density at radius 3 is 1.85 bits per heavy atom. The first-order valence-corrected chi connectivity index (χ1v) is 22.2. The highest BCUT2D eigenvalue weighted by molar-refractivity contribution is 8.23. The molecule has 0 saturated carbocycles. The number of thioether (sulfide) groups is 7. The second-order valence-corrected chi connectivity index (χ2v) is 17.6. The first kappa shape index (κ1) is 40.0. The van der Waals surface area contributed by atoms with Crippen LogP contribution in [0.15, 0.2) is 9.98 Å². The SMILES string of the molecule is O=C(NCCSCCN=CS(=O)CSCO)SCCSCCS(=O)C=NCCSCCNC(=O)SCSCO. The van der Waals surface area contributed by atoms with Gasteiger partial charge in [0.05, 0.1) is 54.7 Å². The fourth-order valence-corrected chi connectivity index (χ4v) is 9.04. The monoisotopic (exact) mass is 718 g/mol. The zero-order valence-corrected chi connectivity index (χ0v) is 28.9. The number of aliphatic hydroxyl groups excluding tert-OH is 2. The fourth-order valence-electron chi connectivity index (χ4n) is 2.03. The van der Waals surface area contributed by atoms with E-state index in [-0.39, 0.29) is 22.4 Å². The maximum Gasteiger partial charge on any atom is 0.279 e.